The van der Waals surface area contributed by atoms with Crippen LogP contribution in [-0.4, -0.2) is 39.6 Å². The Morgan fingerprint density at radius 1 is 0.789 bits per heavy atom. The van der Waals surface area contributed by atoms with Crippen molar-refractivity contribution < 1.29 is 14.2 Å². The Balaban J connectivity index is 4.94. The zero-order valence-corrected chi connectivity index (χ0v) is 14.3. The molecule has 0 atom stereocenters. The van der Waals surface area contributed by atoms with Gasteiger partial charge in [0.2, 0.25) is 0 Å². The monoisotopic (exact) mass is 274 g/mol. The Hall–Kier alpha value is -0.120. The van der Waals surface area contributed by atoms with Crippen LogP contribution in [0.1, 0.15) is 54.4 Å². The zero-order valence-electron chi connectivity index (χ0n) is 14.3. The lowest BCUT2D eigenvalue weighted by Crippen LogP contribution is -2.49. The largest absolute Gasteiger partial charge is 0.384 e. The van der Waals surface area contributed by atoms with Crippen molar-refractivity contribution in [3.8, 4) is 0 Å². The maximum atomic E-state index is 6.21. The lowest BCUT2D eigenvalue weighted by molar-refractivity contribution is -0.145. The Kier molecular flexibility index (Phi) is 7.56. The molecule has 116 valence electrons. The molecule has 0 N–H and O–H groups in total. The van der Waals surface area contributed by atoms with E-state index in [4.69, 9.17) is 14.2 Å². The standard InChI is InChI=1S/C16H34O3/c1-9-10-15(5,6)19-13-16(11-17-7,12-18-8)14(2,3)4/h9-13H2,1-8H3. The minimum atomic E-state index is -0.124. The van der Waals surface area contributed by atoms with Crippen molar-refractivity contribution in [2.75, 3.05) is 34.0 Å². The molecule has 0 heterocycles. The van der Waals surface area contributed by atoms with Crippen LogP contribution in [-0.2, 0) is 14.2 Å². The van der Waals surface area contributed by atoms with E-state index in [0.717, 1.165) is 12.8 Å². The quantitative estimate of drug-likeness (QED) is 0.638. The van der Waals surface area contributed by atoms with Gasteiger partial charge >= 0.3 is 0 Å². The van der Waals surface area contributed by atoms with Crippen molar-refractivity contribution in [3.63, 3.8) is 0 Å². The molecule has 0 aliphatic carbocycles. The van der Waals surface area contributed by atoms with Gasteiger partial charge in [0.25, 0.3) is 0 Å². The molecule has 0 spiro atoms. The second kappa shape index (κ2) is 7.61. The van der Waals surface area contributed by atoms with Crippen LogP contribution < -0.4 is 0 Å². The first-order chi connectivity index (χ1) is 8.64. The van der Waals surface area contributed by atoms with E-state index in [1.54, 1.807) is 14.2 Å². The van der Waals surface area contributed by atoms with Crippen molar-refractivity contribution in [1.29, 1.82) is 0 Å². The van der Waals surface area contributed by atoms with E-state index in [1.807, 2.05) is 0 Å². The van der Waals surface area contributed by atoms with Crippen molar-refractivity contribution >= 4 is 0 Å². The van der Waals surface area contributed by atoms with Crippen LogP contribution in [0.2, 0.25) is 0 Å². The smallest absolute Gasteiger partial charge is 0.0626 e. The molecule has 3 heteroatoms. The first-order valence-electron chi connectivity index (χ1n) is 7.26. The van der Waals surface area contributed by atoms with Crippen LogP contribution in [0.4, 0.5) is 0 Å². The molecule has 0 saturated carbocycles. The van der Waals surface area contributed by atoms with Gasteiger partial charge in [-0.05, 0) is 25.7 Å². The predicted molar refractivity (Wildman–Crippen MR) is 80.6 cm³/mol. The molecule has 19 heavy (non-hydrogen) atoms. The van der Waals surface area contributed by atoms with Gasteiger partial charge < -0.3 is 14.2 Å². The molecule has 0 aromatic carbocycles. The molecule has 0 fully saturated rings. The summed E-state index contributed by atoms with van der Waals surface area (Å²) in [4.78, 5) is 0. The van der Waals surface area contributed by atoms with Gasteiger partial charge in [0, 0.05) is 19.6 Å². The first kappa shape index (κ1) is 18.9. The molecule has 0 aliphatic heterocycles. The second-order valence-corrected chi connectivity index (χ2v) is 7.19. The highest BCUT2D eigenvalue weighted by Gasteiger charge is 2.43. The van der Waals surface area contributed by atoms with Crippen molar-refractivity contribution in [3.05, 3.63) is 0 Å². The predicted octanol–water partition coefficient (Wildman–Crippen LogP) is 3.91. The minimum absolute atomic E-state index is 0.0569. The highest BCUT2D eigenvalue weighted by Crippen LogP contribution is 2.40. The summed E-state index contributed by atoms with van der Waals surface area (Å²) in [6, 6.07) is 0. The van der Waals surface area contributed by atoms with Gasteiger partial charge in [0.05, 0.1) is 25.4 Å². The molecule has 0 aliphatic rings. The zero-order chi connectivity index (χ0) is 15.2. The summed E-state index contributed by atoms with van der Waals surface area (Å²) in [7, 11) is 3.49. The van der Waals surface area contributed by atoms with Crippen LogP contribution >= 0.6 is 0 Å². The van der Waals surface area contributed by atoms with E-state index < -0.39 is 0 Å². The van der Waals surface area contributed by atoms with Gasteiger partial charge in [0.1, 0.15) is 0 Å². The third-order valence-corrected chi connectivity index (χ3v) is 4.02. The summed E-state index contributed by atoms with van der Waals surface area (Å²) in [5.74, 6) is 0. The second-order valence-electron chi connectivity index (χ2n) is 7.19. The highest BCUT2D eigenvalue weighted by molar-refractivity contribution is 4.91. The fraction of sp³-hybridized carbons (Fsp3) is 1.00. The van der Waals surface area contributed by atoms with E-state index in [0.29, 0.717) is 19.8 Å². The van der Waals surface area contributed by atoms with Gasteiger partial charge in [-0.3, -0.25) is 0 Å². The minimum Gasteiger partial charge on any atom is -0.384 e. The number of rotatable bonds is 9. The van der Waals surface area contributed by atoms with Crippen molar-refractivity contribution in [2.24, 2.45) is 10.8 Å². The summed E-state index contributed by atoms with van der Waals surface area (Å²) >= 11 is 0. The molecule has 0 saturated heterocycles. The highest BCUT2D eigenvalue weighted by atomic mass is 16.5. The summed E-state index contributed by atoms with van der Waals surface area (Å²) in [6.45, 7) is 15.1. The van der Waals surface area contributed by atoms with E-state index in [9.17, 15) is 0 Å². The molecule has 0 amide bonds. The van der Waals surface area contributed by atoms with Gasteiger partial charge in [0.15, 0.2) is 0 Å². The maximum absolute atomic E-state index is 6.21. The molecule has 0 rings (SSSR count). The Bertz CT molecular complexity index is 235. The lowest BCUT2D eigenvalue weighted by Gasteiger charge is -2.45. The van der Waals surface area contributed by atoms with Gasteiger partial charge in [-0.2, -0.15) is 0 Å². The normalized spacial score (nSPS) is 13.9. The average molecular weight is 274 g/mol. The lowest BCUT2D eigenvalue weighted by atomic mass is 9.68. The molecular formula is C16H34O3. The third-order valence-electron chi connectivity index (χ3n) is 4.02. The van der Waals surface area contributed by atoms with Crippen molar-refractivity contribution in [1.82, 2.24) is 0 Å². The van der Waals surface area contributed by atoms with E-state index >= 15 is 0 Å². The molecule has 0 bridgehead atoms. The third kappa shape index (κ3) is 5.80. The number of hydrogen-bond acceptors (Lipinski definition) is 3. The van der Waals surface area contributed by atoms with Gasteiger partial charge in [-0.25, -0.2) is 0 Å². The van der Waals surface area contributed by atoms with Crippen LogP contribution in [0.15, 0.2) is 0 Å². The SMILES string of the molecule is CCCC(C)(C)OCC(COC)(COC)C(C)(C)C. The molecule has 0 radical (unpaired) electrons. The van der Waals surface area contributed by atoms with Crippen molar-refractivity contribution in [2.45, 2.75) is 60.0 Å². The summed E-state index contributed by atoms with van der Waals surface area (Å²) in [5, 5.41) is 0. The first-order valence-corrected chi connectivity index (χ1v) is 7.26. The van der Waals surface area contributed by atoms with E-state index in [-0.39, 0.29) is 16.4 Å². The molecule has 0 aromatic heterocycles. The molecular weight excluding hydrogens is 240 g/mol. The molecule has 0 unspecified atom stereocenters. The fourth-order valence-corrected chi connectivity index (χ4v) is 2.33. The summed E-state index contributed by atoms with van der Waals surface area (Å²) < 4.78 is 17.1. The Labute approximate surface area is 120 Å². The molecule has 0 aromatic rings. The number of ether oxygens (including phenoxy) is 3. The number of methoxy groups -OCH3 is 2. The number of hydrogen-bond donors (Lipinski definition) is 0. The summed E-state index contributed by atoms with van der Waals surface area (Å²) in [5.41, 5.74) is -0.157. The van der Waals surface area contributed by atoms with Gasteiger partial charge in [-0.15, -0.1) is 0 Å². The topological polar surface area (TPSA) is 27.7 Å². The average Bonchev–Trinajstić information content (AvgIpc) is 2.25. The molecule has 3 nitrogen and oxygen atoms in total. The maximum Gasteiger partial charge on any atom is 0.0626 e. The van der Waals surface area contributed by atoms with Crippen LogP contribution in [0.3, 0.4) is 0 Å². The van der Waals surface area contributed by atoms with E-state index in [2.05, 4.69) is 41.5 Å². The summed E-state index contributed by atoms with van der Waals surface area (Å²) in [6.07, 6.45) is 2.19. The van der Waals surface area contributed by atoms with Crippen LogP contribution in [0.25, 0.3) is 0 Å². The Morgan fingerprint density at radius 3 is 1.58 bits per heavy atom. The van der Waals surface area contributed by atoms with Crippen LogP contribution in [0, 0.1) is 10.8 Å². The fourth-order valence-electron chi connectivity index (χ4n) is 2.33. The van der Waals surface area contributed by atoms with E-state index in [1.165, 1.54) is 0 Å². The Morgan fingerprint density at radius 2 is 1.26 bits per heavy atom. The van der Waals surface area contributed by atoms with Gasteiger partial charge in [-0.1, -0.05) is 34.1 Å². The van der Waals surface area contributed by atoms with Crippen LogP contribution in [0.5, 0.6) is 0 Å².